The van der Waals surface area contributed by atoms with E-state index < -0.39 is 44.5 Å². The Morgan fingerprint density at radius 1 is 1.17 bits per heavy atom. The van der Waals surface area contributed by atoms with Crippen LogP contribution >= 0.6 is 7.60 Å². The zero-order valence-corrected chi connectivity index (χ0v) is 20.5. The molecule has 0 spiro atoms. The molecular weight excluding hydrogens is 491 g/mol. The summed E-state index contributed by atoms with van der Waals surface area (Å²) in [6.45, 7) is 3.04. The Kier molecular flexibility index (Phi) is 7.02. The first-order chi connectivity index (χ1) is 17.3. The number of urea groups is 1. The van der Waals surface area contributed by atoms with E-state index in [1.54, 1.807) is 11.5 Å². The summed E-state index contributed by atoms with van der Waals surface area (Å²) in [6.07, 6.45) is 0.166. The van der Waals surface area contributed by atoms with Gasteiger partial charge in [0.05, 0.1) is 12.9 Å². The highest BCUT2D eigenvalue weighted by Gasteiger charge is 2.54. The molecule has 2 aliphatic rings. The normalized spacial score (nSPS) is 27.0. The van der Waals surface area contributed by atoms with Gasteiger partial charge in [-0.2, -0.15) is 0 Å². The number of rotatable bonds is 8. The van der Waals surface area contributed by atoms with Crippen molar-refractivity contribution < 1.29 is 33.0 Å². The van der Waals surface area contributed by atoms with Crippen LogP contribution in [0, 0.1) is 0 Å². The first-order valence-electron chi connectivity index (χ1n) is 11.5. The average molecular weight is 517 g/mol. The number of fused-ring (bicyclic) bond motifs is 2. The average Bonchev–Trinajstić information content (AvgIpc) is 3.52. The molecular formula is C22H26N6O7P-. The molecule has 0 aliphatic carbocycles. The lowest BCUT2D eigenvalue weighted by Crippen LogP contribution is -2.32. The molecule has 3 aromatic rings. The fourth-order valence-electron chi connectivity index (χ4n) is 4.31. The number of nitrogens with one attached hydrogen (secondary N) is 2. The number of ether oxygens (including phenoxy) is 3. The standard InChI is InChI=1S/C22H27N6O7P/c1-3-23-22(29)27-19-16-20(25-11-24-19)28(12-26-16)21-18-17(14(33-21)10-32-36(2,30)31)34-15(35-18)9-13-7-5-4-6-8-13/h4-8,11-12,14-15,17-18,21H,3,9-10H2,1-2H3,(H,30,31)(H2,23,24,25,27,29)/p-1/t14-,15+,17?,18+,21-/m1/s1. The van der Waals surface area contributed by atoms with Crippen molar-refractivity contribution in [3.05, 3.63) is 48.5 Å². The third-order valence-electron chi connectivity index (χ3n) is 5.82. The smallest absolute Gasteiger partial charge is 0.320 e. The molecule has 2 aromatic heterocycles. The minimum Gasteiger partial charge on any atom is -0.779 e. The number of hydrogen-bond acceptors (Lipinski definition) is 10. The molecule has 0 saturated carbocycles. The highest BCUT2D eigenvalue weighted by molar-refractivity contribution is 7.50. The van der Waals surface area contributed by atoms with Crippen molar-refractivity contribution in [1.82, 2.24) is 24.8 Å². The monoisotopic (exact) mass is 517 g/mol. The maximum Gasteiger partial charge on any atom is 0.320 e. The largest absolute Gasteiger partial charge is 0.779 e. The van der Waals surface area contributed by atoms with Crippen molar-refractivity contribution >= 4 is 30.6 Å². The van der Waals surface area contributed by atoms with Crippen LogP contribution in [0.4, 0.5) is 10.6 Å². The third-order valence-corrected chi connectivity index (χ3v) is 6.44. The zero-order valence-electron chi connectivity index (χ0n) is 19.6. The highest BCUT2D eigenvalue weighted by atomic mass is 31.2. The molecule has 2 aliphatic heterocycles. The lowest BCUT2D eigenvalue weighted by atomic mass is 10.1. The Labute approximate surface area is 206 Å². The van der Waals surface area contributed by atoms with Gasteiger partial charge in [0.25, 0.3) is 0 Å². The van der Waals surface area contributed by atoms with Gasteiger partial charge in [0, 0.05) is 19.6 Å². The van der Waals surface area contributed by atoms with Gasteiger partial charge in [-0.15, -0.1) is 0 Å². The fourth-order valence-corrected chi connectivity index (χ4v) is 4.73. The van der Waals surface area contributed by atoms with Gasteiger partial charge >= 0.3 is 6.03 Å². The van der Waals surface area contributed by atoms with Crippen LogP contribution in [-0.2, 0) is 29.7 Å². The van der Waals surface area contributed by atoms with Gasteiger partial charge in [-0.05, 0) is 12.5 Å². The molecule has 0 radical (unpaired) electrons. The molecule has 0 bridgehead atoms. The van der Waals surface area contributed by atoms with Gasteiger partial charge in [0.2, 0.25) is 0 Å². The van der Waals surface area contributed by atoms with E-state index >= 15 is 0 Å². The molecule has 6 atom stereocenters. The summed E-state index contributed by atoms with van der Waals surface area (Å²) in [5, 5.41) is 5.30. The predicted octanol–water partition coefficient (Wildman–Crippen LogP) is 1.42. The van der Waals surface area contributed by atoms with Crippen LogP contribution in [0.5, 0.6) is 0 Å². The summed E-state index contributed by atoms with van der Waals surface area (Å²) >= 11 is 0. The number of anilines is 1. The van der Waals surface area contributed by atoms with E-state index in [0.717, 1.165) is 12.2 Å². The van der Waals surface area contributed by atoms with E-state index in [4.69, 9.17) is 18.7 Å². The first kappa shape index (κ1) is 24.8. The van der Waals surface area contributed by atoms with Gasteiger partial charge in [-0.25, -0.2) is 19.7 Å². The lowest BCUT2D eigenvalue weighted by molar-refractivity contribution is -0.202. The van der Waals surface area contributed by atoms with Gasteiger partial charge in [-0.1, -0.05) is 30.3 Å². The second kappa shape index (κ2) is 10.2. The van der Waals surface area contributed by atoms with Crippen LogP contribution in [0.25, 0.3) is 11.2 Å². The second-order valence-electron chi connectivity index (χ2n) is 8.48. The van der Waals surface area contributed by atoms with Crippen LogP contribution in [0.3, 0.4) is 0 Å². The number of amides is 2. The minimum atomic E-state index is -3.98. The van der Waals surface area contributed by atoms with Crippen molar-refractivity contribution in [2.45, 2.75) is 44.2 Å². The summed E-state index contributed by atoms with van der Waals surface area (Å²) in [4.78, 5) is 36.5. The highest BCUT2D eigenvalue weighted by Crippen LogP contribution is 2.43. The van der Waals surface area contributed by atoms with Gasteiger partial charge < -0.3 is 33.5 Å². The Morgan fingerprint density at radius 3 is 2.69 bits per heavy atom. The van der Waals surface area contributed by atoms with Crippen LogP contribution in [0.15, 0.2) is 43.0 Å². The summed E-state index contributed by atoms with van der Waals surface area (Å²) in [7, 11) is -3.98. The van der Waals surface area contributed by atoms with Crippen molar-refractivity contribution in [2.24, 2.45) is 0 Å². The van der Waals surface area contributed by atoms with Crippen LogP contribution in [-0.4, -0.2) is 70.0 Å². The molecule has 1 aromatic carbocycles. The van der Waals surface area contributed by atoms with Crippen LogP contribution in [0.2, 0.25) is 0 Å². The maximum absolute atomic E-state index is 12.0. The number of imidazole rings is 1. The van der Waals surface area contributed by atoms with E-state index in [1.165, 1.54) is 12.7 Å². The molecule has 2 N–H and O–H groups in total. The third kappa shape index (κ3) is 5.26. The Balaban J connectivity index is 1.41. The quantitative estimate of drug-likeness (QED) is 0.418. The Bertz CT molecular complexity index is 1270. The van der Waals surface area contributed by atoms with Crippen LogP contribution < -0.4 is 15.5 Å². The van der Waals surface area contributed by atoms with Crippen molar-refractivity contribution in [2.75, 3.05) is 25.1 Å². The van der Waals surface area contributed by atoms with E-state index in [0.29, 0.717) is 24.1 Å². The first-order valence-corrected chi connectivity index (χ1v) is 13.5. The van der Waals surface area contributed by atoms with E-state index in [9.17, 15) is 14.3 Å². The predicted molar refractivity (Wildman–Crippen MR) is 125 cm³/mol. The van der Waals surface area contributed by atoms with E-state index in [2.05, 4.69) is 25.6 Å². The number of hydrogen-bond donors (Lipinski definition) is 2. The zero-order chi connectivity index (χ0) is 25.3. The molecule has 4 heterocycles. The Morgan fingerprint density at radius 2 is 1.94 bits per heavy atom. The van der Waals surface area contributed by atoms with Gasteiger partial charge in [0.1, 0.15) is 32.2 Å². The van der Waals surface area contributed by atoms with Crippen LogP contribution in [0.1, 0.15) is 18.7 Å². The molecule has 2 fully saturated rings. The molecule has 36 heavy (non-hydrogen) atoms. The summed E-state index contributed by atoms with van der Waals surface area (Å²) in [6, 6.07) is 9.33. The summed E-state index contributed by atoms with van der Waals surface area (Å²) in [5.41, 5.74) is 1.80. The molecule has 13 nitrogen and oxygen atoms in total. The lowest BCUT2D eigenvalue weighted by Gasteiger charge is -2.24. The fraction of sp³-hybridized carbons (Fsp3) is 0.455. The number of carbonyl (C=O) groups excluding carboxylic acids is 1. The molecule has 2 unspecified atom stereocenters. The molecule has 2 amide bonds. The molecule has 2 saturated heterocycles. The minimum absolute atomic E-state index is 0.220. The number of nitrogens with zero attached hydrogens (tertiary/aromatic N) is 4. The van der Waals surface area contributed by atoms with Crippen molar-refractivity contribution in [1.29, 1.82) is 0 Å². The summed E-state index contributed by atoms with van der Waals surface area (Å²) in [5.74, 6) is 0.239. The second-order valence-corrected chi connectivity index (χ2v) is 10.3. The van der Waals surface area contributed by atoms with Gasteiger partial charge in [0.15, 0.2) is 29.5 Å². The number of carbonyl (C=O) groups is 1. The summed E-state index contributed by atoms with van der Waals surface area (Å²) < 4.78 is 36.9. The number of benzene rings is 1. The molecule has 192 valence electrons. The van der Waals surface area contributed by atoms with E-state index in [-0.39, 0.29) is 12.4 Å². The number of aromatic nitrogens is 4. The Hall–Kier alpha value is -2.93. The van der Waals surface area contributed by atoms with E-state index in [1.807, 2.05) is 30.3 Å². The maximum atomic E-state index is 12.0. The van der Waals surface area contributed by atoms with Gasteiger partial charge in [-0.3, -0.25) is 9.88 Å². The SMILES string of the molecule is CCNC(=O)Nc1ncnc2c1ncn2[C@@H]1O[C@H](COP(C)(=O)[O-])C2O[C@H](Cc3ccccc3)O[C@@H]21. The molecule has 14 heteroatoms. The topological polar surface area (TPSA) is 162 Å². The van der Waals surface area contributed by atoms with Crippen molar-refractivity contribution in [3.8, 4) is 0 Å². The van der Waals surface area contributed by atoms with Crippen molar-refractivity contribution in [3.63, 3.8) is 0 Å². The molecule has 5 rings (SSSR count).